The highest BCUT2D eigenvalue weighted by atomic mass is 32.2. The first-order chi connectivity index (χ1) is 23.2. The molecule has 7 N–H and O–H groups in total. The van der Waals surface area contributed by atoms with E-state index in [4.69, 9.17) is 5.73 Å². The standard InChI is InChI=1S/C36H52N6O6S/c1-22(2)19-28(33(45)39-27(32(37)44)17-18-49-6)40-34(46)30(21-26-15-11-8-12-16-26)41-36(48)31(23(3)4)42-35(47)29(38-24(5)43)20-25-13-9-7-10-14-25/h7-16,22-23,27-31H,17-21H2,1-6H3,(H2,37,44)(H,38,43)(H,39,45)(H,40,46)(H,41,48)(H,42,47)/t27-,28-,29-,30-,31-/m0/s1. The molecule has 5 atom stereocenters. The molecular formula is C36H52N6O6S. The van der Waals surface area contributed by atoms with Gasteiger partial charge in [0.15, 0.2) is 0 Å². The smallest absolute Gasteiger partial charge is 0.243 e. The normalized spacial score (nSPS) is 14.1. The van der Waals surface area contributed by atoms with Crippen LogP contribution in [-0.4, -0.2) is 77.7 Å². The molecule has 12 nitrogen and oxygen atoms in total. The van der Waals surface area contributed by atoms with Crippen LogP contribution in [0.15, 0.2) is 60.7 Å². The summed E-state index contributed by atoms with van der Waals surface area (Å²) in [5, 5.41) is 13.7. The van der Waals surface area contributed by atoms with Crippen molar-refractivity contribution < 1.29 is 28.8 Å². The third-order valence-corrected chi connectivity index (χ3v) is 8.39. The Labute approximate surface area is 293 Å². The van der Waals surface area contributed by atoms with Crippen molar-refractivity contribution in [2.24, 2.45) is 17.6 Å². The van der Waals surface area contributed by atoms with Gasteiger partial charge in [0, 0.05) is 19.8 Å². The van der Waals surface area contributed by atoms with E-state index >= 15 is 0 Å². The second-order valence-corrected chi connectivity index (χ2v) is 13.8. The molecule has 2 aromatic rings. The molecule has 13 heteroatoms. The lowest BCUT2D eigenvalue weighted by Gasteiger charge is -2.29. The molecule has 49 heavy (non-hydrogen) atoms. The fraction of sp³-hybridized carbons (Fsp3) is 0.500. The average molecular weight is 697 g/mol. The van der Waals surface area contributed by atoms with Crippen molar-refractivity contribution in [3.05, 3.63) is 71.8 Å². The number of rotatable bonds is 20. The van der Waals surface area contributed by atoms with Gasteiger partial charge in [0.2, 0.25) is 35.4 Å². The monoisotopic (exact) mass is 696 g/mol. The predicted octanol–water partition coefficient (Wildman–Crippen LogP) is 1.86. The molecular weight excluding hydrogens is 644 g/mol. The summed E-state index contributed by atoms with van der Waals surface area (Å²) in [6.07, 6.45) is 2.81. The van der Waals surface area contributed by atoms with Gasteiger partial charge in [0.05, 0.1) is 0 Å². The summed E-state index contributed by atoms with van der Waals surface area (Å²) in [7, 11) is 0. The number of hydrogen-bond donors (Lipinski definition) is 6. The van der Waals surface area contributed by atoms with E-state index in [1.54, 1.807) is 13.8 Å². The summed E-state index contributed by atoms with van der Waals surface area (Å²) >= 11 is 1.51. The van der Waals surface area contributed by atoms with E-state index in [1.807, 2.05) is 80.8 Å². The minimum atomic E-state index is -1.12. The molecule has 268 valence electrons. The zero-order chi connectivity index (χ0) is 36.5. The Morgan fingerprint density at radius 2 is 1.08 bits per heavy atom. The van der Waals surface area contributed by atoms with Crippen LogP contribution in [0.3, 0.4) is 0 Å². The maximum atomic E-state index is 13.9. The fourth-order valence-electron chi connectivity index (χ4n) is 5.18. The predicted molar refractivity (Wildman–Crippen MR) is 192 cm³/mol. The highest BCUT2D eigenvalue weighted by molar-refractivity contribution is 7.98. The van der Waals surface area contributed by atoms with Crippen molar-refractivity contribution >= 4 is 47.2 Å². The Hall–Kier alpha value is -4.39. The quantitative estimate of drug-likeness (QED) is 0.122. The Bertz CT molecular complexity index is 1390. The van der Waals surface area contributed by atoms with Crippen molar-refractivity contribution in [2.75, 3.05) is 12.0 Å². The molecule has 0 radical (unpaired) electrons. The number of amides is 6. The minimum absolute atomic E-state index is 0.00409. The Morgan fingerprint density at radius 3 is 1.53 bits per heavy atom. The molecule has 0 aliphatic rings. The SMILES string of the molecule is CSCC[C@H](NC(=O)[C@H](CC(C)C)NC(=O)[C@H](Cc1ccccc1)NC(=O)[C@@H](NC(=O)[C@H](Cc1ccccc1)NC(C)=O)C(C)C)C(N)=O. The van der Waals surface area contributed by atoms with Crippen LogP contribution in [-0.2, 0) is 41.6 Å². The molecule has 0 saturated heterocycles. The number of primary amides is 1. The maximum absolute atomic E-state index is 13.9. The van der Waals surface area contributed by atoms with E-state index in [0.717, 1.165) is 11.1 Å². The first-order valence-corrected chi connectivity index (χ1v) is 18.0. The van der Waals surface area contributed by atoms with Gasteiger partial charge >= 0.3 is 0 Å². The number of benzene rings is 2. The molecule has 2 rings (SSSR count). The van der Waals surface area contributed by atoms with Gasteiger partial charge in [-0.3, -0.25) is 28.8 Å². The van der Waals surface area contributed by atoms with Crippen LogP contribution < -0.4 is 32.3 Å². The van der Waals surface area contributed by atoms with Crippen LogP contribution in [0.2, 0.25) is 0 Å². The lowest BCUT2D eigenvalue weighted by Crippen LogP contribution is -2.60. The largest absolute Gasteiger partial charge is 0.368 e. The van der Waals surface area contributed by atoms with Crippen LogP contribution >= 0.6 is 11.8 Å². The highest BCUT2D eigenvalue weighted by Gasteiger charge is 2.33. The molecule has 0 aliphatic carbocycles. The second kappa shape index (κ2) is 20.9. The number of hydrogen-bond acceptors (Lipinski definition) is 7. The summed E-state index contributed by atoms with van der Waals surface area (Å²) in [4.78, 5) is 78.6. The van der Waals surface area contributed by atoms with Crippen LogP contribution in [0.4, 0.5) is 0 Å². The van der Waals surface area contributed by atoms with Gasteiger partial charge in [-0.25, -0.2) is 0 Å². The summed E-state index contributed by atoms with van der Waals surface area (Å²) < 4.78 is 0. The molecule has 0 aliphatic heterocycles. The third-order valence-electron chi connectivity index (χ3n) is 7.75. The molecule has 0 unspecified atom stereocenters. The second-order valence-electron chi connectivity index (χ2n) is 12.9. The summed E-state index contributed by atoms with van der Waals surface area (Å²) in [5.41, 5.74) is 7.13. The van der Waals surface area contributed by atoms with Gasteiger partial charge in [0.25, 0.3) is 0 Å². The number of nitrogens with one attached hydrogen (secondary N) is 5. The van der Waals surface area contributed by atoms with E-state index < -0.39 is 65.7 Å². The number of thioether (sulfide) groups is 1. The maximum Gasteiger partial charge on any atom is 0.243 e. The molecule has 6 amide bonds. The minimum Gasteiger partial charge on any atom is -0.368 e. The molecule has 0 heterocycles. The highest BCUT2D eigenvalue weighted by Crippen LogP contribution is 2.12. The Morgan fingerprint density at radius 1 is 0.633 bits per heavy atom. The summed E-state index contributed by atoms with van der Waals surface area (Å²) in [6, 6.07) is 13.3. The topological polar surface area (TPSA) is 189 Å². The van der Waals surface area contributed by atoms with E-state index in [2.05, 4.69) is 26.6 Å². The zero-order valence-electron chi connectivity index (χ0n) is 29.3. The Kier molecular flexibility index (Phi) is 17.4. The van der Waals surface area contributed by atoms with Crippen molar-refractivity contribution in [3.63, 3.8) is 0 Å². The summed E-state index contributed by atoms with van der Waals surface area (Å²) in [5.74, 6) is -3.14. The van der Waals surface area contributed by atoms with Crippen molar-refractivity contribution in [1.82, 2.24) is 26.6 Å². The number of carbonyl (C=O) groups is 6. The first-order valence-electron chi connectivity index (χ1n) is 16.6. The molecule has 2 aromatic carbocycles. The van der Waals surface area contributed by atoms with E-state index in [0.29, 0.717) is 12.2 Å². The van der Waals surface area contributed by atoms with Crippen molar-refractivity contribution in [1.29, 1.82) is 0 Å². The molecule has 0 spiro atoms. The molecule has 0 saturated carbocycles. The van der Waals surface area contributed by atoms with Crippen LogP contribution in [0.25, 0.3) is 0 Å². The van der Waals surface area contributed by atoms with E-state index in [9.17, 15) is 28.8 Å². The van der Waals surface area contributed by atoms with Crippen molar-refractivity contribution in [3.8, 4) is 0 Å². The van der Waals surface area contributed by atoms with Gasteiger partial charge in [0.1, 0.15) is 30.2 Å². The van der Waals surface area contributed by atoms with E-state index in [1.165, 1.54) is 18.7 Å². The molecule has 0 aromatic heterocycles. The number of nitrogens with two attached hydrogens (primary N) is 1. The van der Waals surface area contributed by atoms with Gasteiger partial charge < -0.3 is 32.3 Å². The Balaban J connectivity index is 2.32. The van der Waals surface area contributed by atoms with Gasteiger partial charge in [-0.15, -0.1) is 0 Å². The fourth-order valence-corrected chi connectivity index (χ4v) is 5.65. The summed E-state index contributed by atoms with van der Waals surface area (Å²) in [6.45, 7) is 8.64. The van der Waals surface area contributed by atoms with Gasteiger partial charge in [-0.05, 0) is 47.8 Å². The lowest BCUT2D eigenvalue weighted by atomic mass is 9.98. The molecule has 0 fully saturated rings. The first kappa shape index (κ1) is 40.8. The van der Waals surface area contributed by atoms with Gasteiger partial charge in [-0.1, -0.05) is 88.4 Å². The zero-order valence-corrected chi connectivity index (χ0v) is 30.1. The van der Waals surface area contributed by atoms with E-state index in [-0.39, 0.29) is 31.1 Å². The van der Waals surface area contributed by atoms with Gasteiger partial charge in [-0.2, -0.15) is 11.8 Å². The third kappa shape index (κ3) is 14.7. The van der Waals surface area contributed by atoms with Crippen LogP contribution in [0, 0.1) is 11.8 Å². The average Bonchev–Trinajstić information content (AvgIpc) is 3.04. The lowest BCUT2D eigenvalue weighted by molar-refractivity contribution is -0.135. The van der Waals surface area contributed by atoms with Crippen LogP contribution in [0.1, 0.15) is 58.6 Å². The number of carbonyl (C=O) groups excluding carboxylic acids is 6. The molecule has 0 bridgehead atoms. The van der Waals surface area contributed by atoms with Crippen molar-refractivity contribution in [2.45, 2.75) is 90.5 Å². The van der Waals surface area contributed by atoms with Crippen LogP contribution in [0.5, 0.6) is 0 Å².